The number of carbonyl (C=O) groups is 2. The molecule has 11 heteroatoms. The number of carbonyl (C=O) groups excluding carboxylic acids is 2. The zero-order chi connectivity index (χ0) is 31.3. The van der Waals surface area contributed by atoms with Gasteiger partial charge in [0.1, 0.15) is 11.6 Å². The molecule has 0 aliphatic carbocycles. The summed E-state index contributed by atoms with van der Waals surface area (Å²) in [6.45, 7) is 8.10. The molecule has 44 heavy (non-hydrogen) atoms. The van der Waals surface area contributed by atoms with E-state index < -0.39 is 23.4 Å². The molecule has 5 rings (SSSR count). The van der Waals surface area contributed by atoms with E-state index >= 15 is 0 Å². The number of nitrogens with zero attached hydrogens (tertiary/aromatic N) is 3. The van der Waals surface area contributed by atoms with Gasteiger partial charge in [0.05, 0.1) is 23.6 Å². The van der Waals surface area contributed by atoms with Crippen LogP contribution in [0, 0.1) is 6.92 Å². The van der Waals surface area contributed by atoms with Gasteiger partial charge in [-0.05, 0) is 63.1 Å². The topological polar surface area (TPSA) is 136 Å². The Labute approximate surface area is 255 Å². The zero-order valence-corrected chi connectivity index (χ0v) is 25.3. The molecule has 0 bridgehead atoms. The minimum Gasteiger partial charge on any atom is -0.444 e. The third kappa shape index (κ3) is 7.59. The number of amides is 2. The van der Waals surface area contributed by atoms with Crippen LogP contribution in [0.4, 0.5) is 16.5 Å². The Balaban J connectivity index is 1.37. The summed E-state index contributed by atoms with van der Waals surface area (Å²) in [5.41, 5.74) is 1.88. The van der Waals surface area contributed by atoms with Crippen LogP contribution in [0.2, 0.25) is 0 Å². The van der Waals surface area contributed by atoms with E-state index in [1.165, 1.54) is 0 Å². The first kappa shape index (κ1) is 30.7. The molecule has 2 atom stereocenters. The fraction of sp³-hybridized carbons (Fsp3) is 0.364. The number of nitrogens with one attached hydrogen (secondary N) is 2. The number of fused-ring (bicyclic) bond motifs is 1. The summed E-state index contributed by atoms with van der Waals surface area (Å²) in [5.74, 6) is -0.218. The van der Waals surface area contributed by atoms with Crippen molar-refractivity contribution in [3.8, 4) is 0 Å². The SMILES string of the molecule is Cc1c(NC(=O)OC(C)(C)C)ccc2nc(N3C[C@H](OCc4ccccc4)C[C@H]3C(=O)NCCc3ccccn3)oc(=O)c12. The summed E-state index contributed by atoms with van der Waals surface area (Å²) in [4.78, 5) is 49.8. The maximum absolute atomic E-state index is 13.5. The second-order valence-corrected chi connectivity index (χ2v) is 11.7. The van der Waals surface area contributed by atoms with Gasteiger partial charge in [-0.15, -0.1) is 0 Å². The number of pyridine rings is 1. The number of aryl methyl sites for hydroxylation is 1. The molecule has 4 aromatic rings. The highest BCUT2D eigenvalue weighted by atomic mass is 16.6. The minimum atomic E-state index is -0.677. The van der Waals surface area contributed by atoms with E-state index in [0.29, 0.717) is 49.3 Å². The van der Waals surface area contributed by atoms with Crippen LogP contribution in [-0.4, -0.2) is 52.8 Å². The Morgan fingerprint density at radius 1 is 1.07 bits per heavy atom. The van der Waals surface area contributed by atoms with Crippen molar-refractivity contribution in [1.82, 2.24) is 15.3 Å². The lowest BCUT2D eigenvalue weighted by atomic mass is 10.1. The Hall–Kier alpha value is -4.77. The Morgan fingerprint density at radius 2 is 1.84 bits per heavy atom. The summed E-state index contributed by atoms with van der Waals surface area (Å²) in [6.07, 6.45) is 1.76. The third-order valence-electron chi connectivity index (χ3n) is 7.23. The highest BCUT2D eigenvalue weighted by Crippen LogP contribution is 2.29. The molecular formula is C33H37N5O6. The van der Waals surface area contributed by atoms with Gasteiger partial charge in [-0.25, -0.2) is 9.59 Å². The van der Waals surface area contributed by atoms with Crippen LogP contribution in [0.5, 0.6) is 0 Å². The summed E-state index contributed by atoms with van der Waals surface area (Å²) in [7, 11) is 0. The quantitative estimate of drug-likeness (QED) is 0.279. The van der Waals surface area contributed by atoms with Crippen LogP contribution in [0.25, 0.3) is 10.9 Å². The van der Waals surface area contributed by atoms with Gasteiger partial charge < -0.3 is 24.1 Å². The molecule has 11 nitrogen and oxygen atoms in total. The van der Waals surface area contributed by atoms with Gasteiger partial charge in [0, 0.05) is 43.5 Å². The van der Waals surface area contributed by atoms with Gasteiger partial charge in [0.2, 0.25) is 5.91 Å². The summed E-state index contributed by atoms with van der Waals surface area (Å²) < 4.78 is 17.3. The lowest BCUT2D eigenvalue weighted by Crippen LogP contribution is -2.44. The summed E-state index contributed by atoms with van der Waals surface area (Å²) in [6, 6.07) is 18.1. The monoisotopic (exact) mass is 599 g/mol. The lowest BCUT2D eigenvalue weighted by Gasteiger charge is -2.23. The molecule has 0 unspecified atom stereocenters. The average molecular weight is 600 g/mol. The standard InChI is InChI=1S/C33H37N5O6/c1-21-25(37-32(41)44-33(2,3)4)13-14-26-28(21)30(40)43-31(36-26)38-19-24(42-20-22-10-6-5-7-11-22)18-27(38)29(39)35-17-15-23-12-8-9-16-34-23/h5-14,16,24,27H,15,17-20H2,1-4H3,(H,35,39)(H,37,41)/t24-,27+/m1/s1. The summed E-state index contributed by atoms with van der Waals surface area (Å²) in [5, 5.41) is 5.91. The fourth-order valence-electron chi connectivity index (χ4n) is 5.12. The molecule has 3 heterocycles. The van der Waals surface area contributed by atoms with Crippen LogP contribution >= 0.6 is 0 Å². The number of benzene rings is 2. The fourth-order valence-corrected chi connectivity index (χ4v) is 5.12. The highest BCUT2D eigenvalue weighted by molar-refractivity contribution is 5.93. The highest BCUT2D eigenvalue weighted by Gasteiger charge is 2.40. The van der Waals surface area contributed by atoms with Gasteiger partial charge in [-0.1, -0.05) is 36.4 Å². The molecule has 0 radical (unpaired) electrons. The summed E-state index contributed by atoms with van der Waals surface area (Å²) >= 11 is 0. The van der Waals surface area contributed by atoms with E-state index in [2.05, 4.69) is 20.6 Å². The Bertz CT molecular complexity index is 1670. The molecule has 2 aromatic carbocycles. The number of aromatic nitrogens is 2. The van der Waals surface area contributed by atoms with Crippen molar-refractivity contribution in [2.45, 2.75) is 64.9 Å². The first-order valence-electron chi connectivity index (χ1n) is 14.6. The van der Waals surface area contributed by atoms with Crippen molar-refractivity contribution >= 4 is 34.6 Å². The second kappa shape index (κ2) is 13.3. The molecule has 1 aliphatic rings. The zero-order valence-electron chi connectivity index (χ0n) is 25.3. The number of hydrogen-bond acceptors (Lipinski definition) is 9. The van der Waals surface area contributed by atoms with E-state index in [-0.39, 0.29) is 23.4 Å². The molecule has 0 saturated carbocycles. The Kier molecular flexibility index (Phi) is 9.24. The molecule has 1 fully saturated rings. The van der Waals surface area contributed by atoms with E-state index in [1.807, 2.05) is 48.5 Å². The van der Waals surface area contributed by atoms with Gasteiger partial charge in [-0.3, -0.25) is 15.1 Å². The van der Waals surface area contributed by atoms with E-state index in [0.717, 1.165) is 11.3 Å². The molecule has 2 aromatic heterocycles. The minimum absolute atomic E-state index is 0.0328. The van der Waals surface area contributed by atoms with E-state index in [4.69, 9.17) is 13.9 Å². The third-order valence-corrected chi connectivity index (χ3v) is 7.23. The number of hydrogen-bond donors (Lipinski definition) is 2. The van der Waals surface area contributed by atoms with Crippen molar-refractivity contribution in [1.29, 1.82) is 0 Å². The van der Waals surface area contributed by atoms with Gasteiger partial charge in [0.25, 0.3) is 0 Å². The van der Waals surface area contributed by atoms with Crippen LogP contribution in [0.1, 0.15) is 44.0 Å². The normalized spacial score (nSPS) is 16.6. The van der Waals surface area contributed by atoms with Gasteiger partial charge in [0.15, 0.2) is 0 Å². The number of anilines is 2. The first-order chi connectivity index (χ1) is 21.1. The Morgan fingerprint density at radius 3 is 2.57 bits per heavy atom. The van der Waals surface area contributed by atoms with Crippen molar-refractivity contribution < 1.29 is 23.5 Å². The molecule has 0 spiro atoms. The first-order valence-corrected chi connectivity index (χ1v) is 14.6. The predicted molar refractivity (Wildman–Crippen MR) is 167 cm³/mol. The van der Waals surface area contributed by atoms with Crippen LogP contribution < -0.4 is 21.2 Å². The number of rotatable bonds is 9. The van der Waals surface area contributed by atoms with Crippen molar-refractivity contribution in [3.63, 3.8) is 0 Å². The average Bonchev–Trinajstić information content (AvgIpc) is 3.42. The van der Waals surface area contributed by atoms with Crippen LogP contribution in [0.3, 0.4) is 0 Å². The molecule has 2 N–H and O–H groups in total. The van der Waals surface area contributed by atoms with E-state index in [9.17, 15) is 14.4 Å². The van der Waals surface area contributed by atoms with Crippen molar-refractivity contribution in [2.24, 2.45) is 0 Å². The molecule has 1 saturated heterocycles. The molecular weight excluding hydrogens is 562 g/mol. The number of ether oxygens (including phenoxy) is 2. The van der Waals surface area contributed by atoms with Gasteiger partial charge in [-0.2, -0.15) is 4.98 Å². The van der Waals surface area contributed by atoms with Gasteiger partial charge >= 0.3 is 17.7 Å². The van der Waals surface area contributed by atoms with Crippen LogP contribution in [-0.2, 0) is 27.3 Å². The lowest BCUT2D eigenvalue weighted by molar-refractivity contribution is -0.122. The van der Waals surface area contributed by atoms with Crippen molar-refractivity contribution in [2.75, 3.05) is 23.3 Å². The maximum Gasteiger partial charge on any atom is 0.412 e. The predicted octanol–water partition coefficient (Wildman–Crippen LogP) is 4.76. The second-order valence-electron chi connectivity index (χ2n) is 11.7. The van der Waals surface area contributed by atoms with Crippen molar-refractivity contribution in [3.05, 3.63) is 94.1 Å². The smallest absolute Gasteiger partial charge is 0.412 e. The van der Waals surface area contributed by atoms with Crippen LogP contribution in [0.15, 0.2) is 76.1 Å². The largest absolute Gasteiger partial charge is 0.444 e. The van der Waals surface area contributed by atoms with E-state index in [1.54, 1.807) is 50.9 Å². The molecule has 2 amide bonds. The maximum atomic E-state index is 13.5. The molecule has 230 valence electrons. The molecule has 1 aliphatic heterocycles.